The maximum atomic E-state index is 5.16. The average Bonchev–Trinajstić information content (AvgIpc) is 2.88. The second-order valence-electron chi connectivity index (χ2n) is 4.72. The molecule has 1 N–H and O–H groups in total. The van der Waals surface area contributed by atoms with Gasteiger partial charge in [0.1, 0.15) is 5.75 Å². The maximum absolute atomic E-state index is 5.16. The molecule has 0 aliphatic rings. The quantitative estimate of drug-likeness (QED) is 0.773. The van der Waals surface area contributed by atoms with Gasteiger partial charge in [-0.25, -0.2) is 0 Å². The molecule has 1 heterocycles. The minimum absolute atomic E-state index is 0.901. The molecular weight excluding hydrogens is 236 g/mol. The predicted octanol–water partition coefficient (Wildman–Crippen LogP) is 3.04. The zero-order valence-electron chi connectivity index (χ0n) is 11.7. The molecule has 2 rings (SSSR count). The minimum atomic E-state index is 0.901. The van der Waals surface area contributed by atoms with Crippen LogP contribution in [0.4, 0.5) is 0 Å². The lowest BCUT2D eigenvalue weighted by Gasteiger charge is -2.05. The first-order valence-electron chi connectivity index (χ1n) is 6.80. The molecule has 0 bridgehead atoms. The first kappa shape index (κ1) is 13.7. The number of nitrogens with one attached hydrogen (secondary N) is 1. The number of nitrogens with zero attached hydrogens (tertiary/aromatic N) is 1. The SMILES string of the molecule is CCCNCc1ccn(Cc2ccc(OC)cc2)c1. The van der Waals surface area contributed by atoms with Gasteiger partial charge in [-0.2, -0.15) is 0 Å². The van der Waals surface area contributed by atoms with Crippen molar-refractivity contribution in [3.8, 4) is 5.75 Å². The summed E-state index contributed by atoms with van der Waals surface area (Å²) in [4.78, 5) is 0. The van der Waals surface area contributed by atoms with E-state index >= 15 is 0 Å². The van der Waals surface area contributed by atoms with Crippen molar-refractivity contribution in [3.05, 3.63) is 53.9 Å². The highest BCUT2D eigenvalue weighted by Crippen LogP contribution is 2.13. The number of aromatic nitrogens is 1. The van der Waals surface area contributed by atoms with Crippen molar-refractivity contribution in [2.24, 2.45) is 0 Å². The normalized spacial score (nSPS) is 10.6. The van der Waals surface area contributed by atoms with Crippen LogP contribution >= 0.6 is 0 Å². The van der Waals surface area contributed by atoms with Crippen LogP contribution in [0.1, 0.15) is 24.5 Å². The van der Waals surface area contributed by atoms with Crippen molar-refractivity contribution in [2.75, 3.05) is 13.7 Å². The van der Waals surface area contributed by atoms with E-state index in [2.05, 4.69) is 47.4 Å². The largest absolute Gasteiger partial charge is 0.497 e. The van der Waals surface area contributed by atoms with E-state index in [1.807, 2.05) is 12.1 Å². The summed E-state index contributed by atoms with van der Waals surface area (Å²) in [5.74, 6) is 0.903. The van der Waals surface area contributed by atoms with Gasteiger partial charge in [0.15, 0.2) is 0 Å². The molecule has 102 valence electrons. The molecule has 0 saturated carbocycles. The van der Waals surface area contributed by atoms with Crippen LogP contribution in [0.25, 0.3) is 0 Å². The summed E-state index contributed by atoms with van der Waals surface area (Å²) in [7, 11) is 1.69. The maximum Gasteiger partial charge on any atom is 0.118 e. The third kappa shape index (κ3) is 4.14. The van der Waals surface area contributed by atoms with Gasteiger partial charge < -0.3 is 14.6 Å². The Labute approximate surface area is 115 Å². The van der Waals surface area contributed by atoms with Gasteiger partial charge in [-0.1, -0.05) is 19.1 Å². The molecule has 0 amide bonds. The molecule has 2 aromatic rings. The number of rotatable bonds is 7. The van der Waals surface area contributed by atoms with Crippen molar-refractivity contribution in [1.29, 1.82) is 0 Å². The monoisotopic (exact) mass is 258 g/mol. The third-order valence-corrected chi connectivity index (χ3v) is 3.09. The van der Waals surface area contributed by atoms with Gasteiger partial charge in [0.2, 0.25) is 0 Å². The predicted molar refractivity (Wildman–Crippen MR) is 78.5 cm³/mol. The van der Waals surface area contributed by atoms with Gasteiger partial charge in [0.05, 0.1) is 7.11 Å². The molecule has 19 heavy (non-hydrogen) atoms. The molecule has 0 radical (unpaired) electrons. The lowest BCUT2D eigenvalue weighted by molar-refractivity contribution is 0.414. The number of methoxy groups -OCH3 is 1. The molecule has 3 heteroatoms. The zero-order chi connectivity index (χ0) is 13.5. The smallest absolute Gasteiger partial charge is 0.118 e. The van der Waals surface area contributed by atoms with Gasteiger partial charge >= 0.3 is 0 Å². The number of benzene rings is 1. The van der Waals surface area contributed by atoms with E-state index in [1.165, 1.54) is 17.5 Å². The second-order valence-corrected chi connectivity index (χ2v) is 4.72. The Morgan fingerprint density at radius 1 is 1.11 bits per heavy atom. The van der Waals surface area contributed by atoms with Crippen molar-refractivity contribution in [1.82, 2.24) is 9.88 Å². The van der Waals surface area contributed by atoms with E-state index in [-0.39, 0.29) is 0 Å². The first-order chi connectivity index (χ1) is 9.31. The van der Waals surface area contributed by atoms with E-state index < -0.39 is 0 Å². The first-order valence-corrected chi connectivity index (χ1v) is 6.80. The fourth-order valence-corrected chi connectivity index (χ4v) is 2.04. The number of hydrogen-bond acceptors (Lipinski definition) is 2. The van der Waals surface area contributed by atoms with E-state index in [1.54, 1.807) is 7.11 Å². The highest BCUT2D eigenvalue weighted by Gasteiger charge is 1.99. The molecule has 0 aliphatic carbocycles. The van der Waals surface area contributed by atoms with Crippen LogP contribution in [0, 0.1) is 0 Å². The van der Waals surface area contributed by atoms with E-state index in [0.717, 1.165) is 25.4 Å². The number of hydrogen-bond donors (Lipinski definition) is 1. The van der Waals surface area contributed by atoms with Crippen LogP contribution in [-0.2, 0) is 13.1 Å². The highest BCUT2D eigenvalue weighted by atomic mass is 16.5. The van der Waals surface area contributed by atoms with Crippen molar-refractivity contribution in [2.45, 2.75) is 26.4 Å². The summed E-state index contributed by atoms with van der Waals surface area (Å²) in [6, 6.07) is 10.4. The zero-order valence-corrected chi connectivity index (χ0v) is 11.7. The van der Waals surface area contributed by atoms with Crippen LogP contribution < -0.4 is 10.1 Å². The van der Waals surface area contributed by atoms with Gasteiger partial charge in [-0.3, -0.25) is 0 Å². The average molecular weight is 258 g/mol. The molecule has 0 saturated heterocycles. The molecular formula is C16H22N2O. The van der Waals surface area contributed by atoms with Crippen LogP contribution in [0.5, 0.6) is 5.75 Å². The van der Waals surface area contributed by atoms with Crippen molar-refractivity contribution >= 4 is 0 Å². The Bertz CT molecular complexity index is 488. The topological polar surface area (TPSA) is 26.2 Å². The lowest BCUT2D eigenvalue weighted by Crippen LogP contribution is -2.13. The molecule has 0 atom stereocenters. The third-order valence-electron chi connectivity index (χ3n) is 3.09. The van der Waals surface area contributed by atoms with Crippen molar-refractivity contribution in [3.63, 3.8) is 0 Å². The molecule has 0 aliphatic heterocycles. The Morgan fingerprint density at radius 2 is 1.89 bits per heavy atom. The van der Waals surface area contributed by atoms with Crippen molar-refractivity contribution < 1.29 is 4.74 Å². The second kappa shape index (κ2) is 7.00. The Hall–Kier alpha value is -1.74. The Morgan fingerprint density at radius 3 is 2.58 bits per heavy atom. The van der Waals surface area contributed by atoms with Gasteiger partial charge in [-0.15, -0.1) is 0 Å². The highest BCUT2D eigenvalue weighted by molar-refractivity contribution is 5.27. The summed E-state index contributed by atoms with van der Waals surface area (Å²) in [6.07, 6.45) is 5.51. The fraction of sp³-hybridized carbons (Fsp3) is 0.375. The molecule has 0 spiro atoms. The van der Waals surface area contributed by atoms with Gasteiger partial charge in [0.25, 0.3) is 0 Å². The minimum Gasteiger partial charge on any atom is -0.497 e. The van der Waals surface area contributed by atoms with Crippen LogP contribution in [0.2, 0.25) is 0 Å². The van der Waals surface area contributed by atoms with Crippen LogP contribution in [0.15, 0.2) is 42.7 Å². The van der Waals surface area contributed by atoms with E-state index in [4.69, 9.17) is 4.74 Å². The molecule has 0 unspecified atom stereocenters. The Kier molecular flexibility index (Phi) is 5.04. The lowest BCUT2D eigenvalue weighted by atomic mass is 10.2. The fourth-order valence-electron chi connectivity index (χ4n) is 2.04. The standard InChI is InChI=1S/C16H22N2O/c1-3-9-17-11-15-8-10-18(13-15)12-14-4-6-16(19-2)7-5-14/h4-8,10,13,17H,3,9,11-12H2,1-2H3. The van der Waals surface area contributed by atoms with Gasteiger partial charge in [0, 0.05) is 25.5 Å². The van der Waals surface area contributed by atoms with E-state index in [0.29, 0.717) is 0 Å². The summed E-state index contributed by atoms with van der Waals surface area (Å²) in [5.41, 5.74) is 2.62. The summed E-state index contributed by atoms with van der Waals surface area (Å²) in [6.45, 7) is 5.10. The molecule has 1 aromatic heterocycles. The van der Waals surface area contributed by atoms with E-state index in [9.17, 15) is 0 Å². The molecule has 3 nitrogen and oxygen atoms in total. The summed E-state index contributed by atoms with van der Waals surface area (Å²) in [5, 5.41) is 3.41. The summed E-state index contributed by atoms with van der Waals surface area (Å²) >= 11 is 0. The summed E-state index contributed by atoms with van der Waals surface area (Å²) < 4.78 is 7.38. The Balaban J connectivity index is 1.91. The van der Waals surface area contributed by atoms with Crippen LogP contribution in [-0.4, -0.2) is 18.2 Å². The molecule has 0 fully saturated rings. The molecule has 1 aromatic carbocycles. The van der Waals surface area contributed by atoms with Gasteiger partial charge in [-0.05, 0) is 42.3 Å². The number of ether oxygens (including phenoxy) is 1. The van der Waals surface area contributed by atoms with Crippen LogP contribution in [0.3, 0.4) is 0 Å².